The molecule has 0 spiro atoms. The van der Waals surface area contributed by atoms with Gasteiger partial charge >= 0.3 is 0 Å². The summed E-state index contributed by atoms with van der Waals surface area (Å²) in [7, 11) is 0. The molecule has 1 amide bonds. The number of hydrogen-bond acceptors (Lipinski definition) is 5. The van der Waals surface area contributed by atoms with Gasteiger partial charge in [0.2, 0.25) is 5.91 Å². The molecule has 1 atom stereocenters. The summed E-state index contributed by atoms with van der Waals surface area (Å²) < 4.78 is 1.45. The van der Waals surface area contributed by atoms with Crippen molar-refractivity contribution in [3.63, 3.8) is 0 Å². The van der Waals surface area contributed by atoms with Gasteiger partial charge in [-0.3, -0.25) is 19.1 Å². The van der Waals surface area contributed by atoms with Crippen LogP contribution in [0.25, 0.3) is 33.3 Å². The number of rotatable bonds is 9. The third kappa shape index (κ3) is 5.49. The molecule has 0 radical (unpaired) electrons. The van der Waals surface area contributed by atoms with Crippen LogP contribution >= 0.6 is 0 Å². The normalized spacial score (nSPS) is 11.8. The lowest BCUT2D eigenvalue weighted by molar-refractivity contribution is -0.121. The number of pyridine rings is 1. The van der Waals surface area contributed by atoms with Crippen LogP contribution in [-0.2, 0) is 17.8 Å². The Kier molecular flexibility index (Phi) is 7.11. The van der Waals surface area contributed by atoms with Gasteiger partial charge in [-0.1, -0.05) is 84.9 Å². The van der Waals surface area contributed by atoms with E-state index in [1.165, 1.54) is 4.57 Å². The van der Waals surface area contributed by atoms with E-state index in [9.17, 15) is 9.59 Å². The number of H-pyrrole nitrogens is 1. The molecule has 6 aromatic rings. The molecule has 6 rings (SSSR count). The first-order valence-electron chi connectivity index (χ1n) is 13.3. The van der Waals surface area contributed by atoms with E-state index in [1.54, 1.807) is 18.6 Å². The lowest BCUT2D eigenvalue weighted by Gasteiger charge is -2.21. The molecule has 0 fully saturated rings. The summed E-state index contributed by atoms with van der Waals surface area (Å²) in [6.45, 7) is 0.387. The molecule has 0 aliphatic rings. The second kappa shape index (κ2) is 11.3. The van der Waals surface area contributed by atoms with Crippen molar-refractivity contribution in [2.24, 2.45) is 5.73 Å². The first-order valence-corrected chi connectivity index (χ1v) is 13.3. The highest BCUT2D eigenvalue weighted by Crippen LogP contribution is 2.25. The maximum absolute atomic E-state index is 13.9. The Labute approximate surface area is 236 Å². The molecule has 8 heteroatoms. The Balaban J connectivity index is 1.33. The number of benzene rings is 3. The van der Waals surface area contributed by atoms with Crippen LogP contribution in [0.1, 0.15) is 17.3 Å². The van der Waals surface area contributed by atoms with E-state index in [4.69, 9.17) is 5.73 Å². The second-order valence-electron chi connectivity index (χ2n) is 9.83. The number of anilines is 1. The van der Waals surface area contributed by atoms with Gasteiger partial charge in [0.25, 0.3) is 5.56 Å². The highest BCUT2D eigenvalue weighted by atomic mass is 16.2. The van der Waals surface area contributed by atoms with Crippen molar-refractivity contribution in [2.45, 2.75) is 19.0 Å². The van der Waals surface area contributed by atoms with Crippen molar-refractivity contribution in [3.8, 4) is 22.4 Å². The van der Waals surface area contributed by atoms with Crippen LogP contribution in [0.15, 0.2) is 120 Å². The van der Waals surface area contributed by atoms with Gasteiger partial charge in [0.1, 0.15) is 6.04 Å². The Bertz CT molecular complexity index is 1830. The predicted octanol–water partition coefficient (Wildman–Crippen LogP) is 5.33. The molecular weight excluding hydrogens is 512 g/mol. The summed E-state index contributed by atoms with van der Waals surface area (Å²) >= 11 is 0. The Morgan fingerprint density at radius 3 is 2.24 bits per heavy atom. The van der Waals surface area contributed by atoms with Gasteiger partial charge in [-0.25, -0.2) is 4.98 Å². The molecule has 3 aromatic carbocycles. The highest BCUT2D eigenvalue weighted by molar-refractivity contribution is 5.82. The Morgan fingerprint density at radius 1 is 0.878 bits per heavy atom. The van der Waals surface area contributed by atoms with E-state index in [0.717, 1.165) is 38.9 Å². The van der Waals surface area contributed by atoms with Gasteiger partial charge in [0.05, 0.1) is 11.9 Å². The van der Waals surface area contributed by atoms with E-state index in [2.05, 4.69) is 44.5 Å². The number of aromatic nitrogens is 4. The molecule has 202 valence electrons. The van der Waals surface area contributed by atoms with Crippen LogP contribution in [0.3, 0.4) is 0 Å². The molecule has 0 aliphatic heterocycles. The van der Waals surface area contributed by atoms with Crippen molar-refractivity contribution in [1.82, 2.24) is 19.5 Å². The third-order valence-electron chi connectivity index (χ3n) is 7.12. The number of amides is 1. The number of hydrogen-bond donors (Lipinski definition) is 3. The molecule has 0 saturated heterocycles. The first-order chi connectivity index (χ1) is 20.1. The van der Waals surface area contributed by atoms with E-state index in [-0.39, 0.29) is 12.2 Å². The lowest BCUT2D eigenvalue weighted by atomic mass is 10.0. The average molecular weight is 541 g/mol. The fourth-order valence-electron chi connectivity index (χ4n) is 5.02. The predicted molar refractivity (Wildman–Crippen MR) is 161 cm³/mol. The van der Waals surface area contributed by atoms with Crippen LogP contribution in [0.5, 0.6) is 0 Å². The van der Waals surface area contributed by atoms with Crippen LogP contribution in [0.4, 0.5) is 5.82 Å². The largest absolute Gasteiger partial charge is 0.368 e. The highest BCUT2D eigenvalue weighted by Gasteiger charge is 2.25. The number of carbonyl (C=O) groups is 1. The minimum absolute atomic E-state index is 0.143. The van der Waals surface area contributed by atoms with Crippen LogP contribution in [0.2, 0.25) is 0 Å². The maximum Gasteiger partial charge on any atom is 0.294 e. The third-order valence-corrected chi connectivity index (χ3v) is 7.12. The summed E-state index contributed by atoms with van der Waals surface area (Å²) in [4.78, 5) is 38.8. The Hall–Kier alpha value is -5.50. The van der Waals surface area contributed by atoms with Gasteiger partial charge in [-0.2, -0.15) is 0 Å². The van der Waals surface area contributed by atoms with E-state index in [1.807, 2.05) is 72.8 Å². The van der Waals surface area contributed by atoms with Gasteiger partial charge in [0, 0.05) is 42.0 Å². The number of carbonyl (C=O) groups excluding carboxylic acids is 1. The zero-order chi connectivity index (χ0) is 28.2. The SMILES string of the molecule is NC(=O)C(Cc1cc2cnccc2[nH]1)n1c(-c2ccccc2)cnc(NCc2ccc(-c3ccccc3)cc2)c1=O. The van der Waals surface area contributed by atoms with Gasteiger partial charge in [-0.15, -0.1) is 0 Å². The topological polar surface area (TPSA) is 119 Å². The standard InChI is InChI=1S/C33H28N6O2/c34-31(40)29(18-27-17-26-20-35-16-15-28(26)38-27)39-30(25-9-5-2-6-10-25)21-37-32(33(39)41)36-19-22-11-13-24(14-12-22)23-7-3-1-4-8-23/h1-17,20-21,29,38H,18-19H2,(H2,34,40)(H,36,37). The molecule has 1 unspecified atom stereocenters. The van der Waals surface area contributed by atoms with Gasteiger partial charge < -0.3 is 16.0 Å². The second-order valence-corrected chi connectivity index (χ2v) is 9.83. The first kappa shape index (κ1) is 25.8. The quantitative estimate of drug-likeness (QED) is 0.229. The minimum Gasteiger partial charge on any atom is -0.368 e. The molecule has 0 bridgehead atoms. The zero-order valence-electron chi connectivity index (χ0n) is 22.2. The van der Waals surface area contributed by atoms with Crippen molar-refractivity contribution in [2.75, 3.05) is 5.32 Å². The van der Waals surface area contributed by atoms with Crippen LogP contribution in [0, 0.1) is 0 Å². The van der Waals surface area contributed by atoms with Crippen LogP contribution < -0.4 is 16.6 Å². The van der Waals surface area contributed by atoms with E-state index >= 15 is 0 Å². The average Bonchev–Trinajstić information content (AvgIpc) is 3.43. The molecule has 41 heavy (non-hydrogen) atoms. The van der Waals surface area contributed by atoms with E-state index in [0.29, 0.717) is 12.2 Å². The van der Waals surface area contributed by atoms with Crippen molar-refractivity contribution >= 4 is 22.6 Å². The van der Waals surface area contributed by atoms with Gasteiger partial charge in [-0.05, 0) is 34.4 Å². The molecule has 3 heterocycles. The number of primary amides is 1. The molecule has 8 nitrogen and oxygen atoms in total. The number of nitrogens with two attached hydrogens (primary N) is 1. The summed E-state index contributed by atoms with van der Waals surface area (Å²) in [6, 6.07) is 30.5. The molecular formula is C33H28N6O2. The fraction of sp³-hybridized carbons (Fsp3) is 0.0909. The zero-order valence-corrected chi connectivity index (χ0v) is 22.2. The monoisotopic (exact) mass is 540 g/mol. The van der Waals surface area contributed by atoms with Crippen molar-refractivity contribution in [1.29, 1.82) is 0 Å². The fourth-order valence-corrected chi connectivity index (χ4v) is 5.02. The Morgan fingerprint density at radius 2 is 1.56 bits per heavy atom. The number of aromatic amines is 1. The molecule has 3 aromatic heterocycles. The number of nitrogens with zero attached hydrogens (tertiary/aromatic N) is 3. The molecule has 0 aliphatic carbocycles. The summed E-state index contributed by atoms with van der Waals surface area (Å²) in [6.07, 6.45) is 5.26. The summed E-state index contributed by atoms with van der Waals surface area (Å²) in [5.74, 6) is -0.473. The van der Waals surface area contributed by atoms with Gasteiger partial charge in [0.15, 0.2) is 5.82 Å². The molecule has 0 saturated carbocycles. The van der Waals surface area contributed by atoms with Crippen molar-refractivity contribution < 1.29 is 4.79 Å². The number of fused-ring (bicyclic) bond motifs is 1. The van der Waals surface area contributed by atoms with Crippen LogP contribution in [-0.4, -0.2) is 25.4 Å². The summed E-state index contributed by atoms with van der Waals surface area (Å²) in [5.41, 5.74) is 11.7. The molecule has 4 N–H and O–H groups in total. The maximum atomic E-state index is 13.9. The smallest absolute Gasteiger partial charge is 0.294 e. The van der Waals surface area contributed by atoms with E-state index < -0.39 is 17.5 Å². The minimum atomic E-state index is -0.951. The number of nitrogens with one attached hydrogen (secondary N) is 2. The summed E-state index contributed by atoms with van der Waals surface area (Å²) in [5, 5.41) is 4.09. The van der Waals surface area contributed by atoms with Crippen molar-refractivity contribution in [3.05, 3.63) is 137 Å². The lowest BCUT2D eigenvalue weighted by Crippen LogP contribution is -2.37.